The molecule has 3 aromatic carbocycles. The van der Waals surface area contributed by atoms with Crippen LogP contribution in [0.15, 0.2) is 96.2 Å². The maximum atomic E-state index is 11.4. The van der Waals surface area contributed by atoms with Crippen LogP contribution in [0, 0.1) is 11.3 Å². The number of nitrogens with one attached hydrogen (secondary N) is 3. The molecule has 0 atom stereocenters. The summed E-state index contributed by atoms with van der Waals surface area (Å²) in [6, 6.07) is 24.4. The normalized spacial score (nSPS) is 10.4. The Morgan fingerprint density at radius 1 is 0.950 bits per heavy atom. The Hall–Kier alpha value is -6.09. The number of H-pyrrole nitrogens is 2. The lowest BCUT2D eigenvalue weighted by Crippen LogP contribution is -2.13. The van der Waals surface area contributed by atoms with Crippen LogP contribution in [0.3, 0.4) is 0 Å². The van der Waals surface area contributed by atoms with Crippen molar-refractivity contribution < 1.29 is 0 Å². The predicted octanol–water partition coefficient (Wildman–Crippen LogP) is 4.07. The van der Waals surface area contributed by atoms with Gasteiger partial charge in [0.25, 0.3) is 0 Å². The van der Waals surface area contributed by atoms with E-state index in [4.69, 9.17) is 16.7 Å². The summed E-state index contributed by atoms with van der Waals surface area (Å²) in [4.78, 5) is 27.2. The minimum absolute atomic E-state index is 0.233. The summed E-state index contributed by atoms with van der Waals surface area (Å²) in [6.07, 6.45) is 4.85. The first-order valence-electron chi connectivity index (χ1n) is 12.1. The van der Waals surface area contributed by atoms with Crippen LogP contribution < -0.4 is 27.4 Å². The van der Waals surface area contributed by atoms with Crippen LogP contribution in [0.2, 0.25) is 0 Å². The molecule has 0 radical (unpaired) electrons. The third-order valence-electron chi connectivity index (χ3n) is 6.00. The molecular formula is C28H25N11O. The van der Waals surface area contributed by atoms with Gasteiger partial charge in [0, 0.05) is 30.8 Å². The maximum absolute atomic E-state index is 11.4. The number of benzene rings is 3. The van der Waals surface area contributed by atoms with Gasteiger partial charge in [0.05, 0.1) is 34.3 Å². The van der Waals surface area contributed by atoms with Crippen LogP contribution in [0.5, 0.6) is 0 Å². The number of nitrogen functional groups attached to an aromatic ring is 2. The third kappa shape index (κ3) is 5.43. The predicted molar refractivity (Wildman–Crippen MR) is 156 cm³/mol. The molecule has 0 aliphatic carbocycles. The first kappa shape index (κ1) is 25.6. The van der Waals surface area contributed by atoms with Crippen molar-refractivity contribution in [2.75, 3.05) is 28.7 Å². The number of nitrogens with two attached hydrogens (primary N) is 2. The number of hydrogen-bond donors (Lipinski definition) is 5. The molecule has 3 aromatic heterocycles. The summed E-state index contributed by atoms with van der Waals surface area (Å²) in [5.41, 5.74) is 17.4. The third-order valence-corrected chi connectivity index (χ3v) is 6.00. The fourth-order valence-corrected chi connectivity index (χ4v) is 3.93. The number of para-hydroxylation sites is 1. The summed E-state index contributed by atoms with van der Waals surface area (Å²) in [7, 11) is 1.89. The summed E-state index contributed by atoms with van der Waals surface area (Å²) >= 11 is 0. The van der Waals surface area contributed by atoms with Crippen molar-refractivity contribution in [3.8, 4) is 11.8 Å². The quantitative estimate of drug-likeness (QED) is 0.205. The number of rotatable bonds is 5. The number of aromatic nitrogens is 6. The Kier molecular flexibility index (Phi) is 7.10. The van der Waals surface area contributed by atoms with Crippen LogP contribution in [-0.2, 0) is 0 Å². The number of nitrogens with zero attached hydrogens (tertiary/aromatic N) is 6. The largest absolute Gasteiger partial charge is 0.397 e. The van der Waals surface area contributed by atoms with E-state index in [-0.39, 0.29) is 5.69 Å². The van der Waals surface area contributed by atoms with E-state index in [0.717, 1.165) is 33.8 Å². The number of anilines is 6. The van der Waals surface area contributed by atoms with E-state index in [1.807, 2.05) is 84.7 Å². The van der Waals surface area contributed by atoms with Gasteiger partial charge in [0.1, 0.15) is 17.5 Å². The molecule has 0 saturated carbocycles. The van der Waals surface area contributed by atoms with Crippen molar-refractivity contribution >= 4 is 45.5 Å². The van der Waals surface area contributed by atoms with E-state index in [1.165, 1.54) is 6.20 Å². The summed E-state index contributed by atoms with van der Waals surface area (Å²) in [5, 5.41) is 16.0. The Bertz CT molecular complexity index is 1850. The molecule has 12 heteroatoms. The average Bonchev–Trinajstić information content (AvgIpc) is 3.55. The van der Waals surface area contributed by atoms with Gasteiger partial charge >= 0.3 is 5.69 Å². The first-order chi connectivity index (χ1) is 19.4. The van der Waals surface area contributed by atoms with Crippen LogP contribution in [0.25, 0.3) is 16.7 Å². The number of hydrogen-bond acceptors (Lipinski definition) is 9. The average molecular weight is 532 g/mol. The van der Waals surface area contributed by atoms with E-state index in [9.17, 15) is 4.79 Å². The zero-order chi connectivity index (χ0) is 28.1. The minimum Gasteiger partial charge on any atom is -0.397 e. The SMILES string of the molecule is CN(c1ccc(N)c(Nc2ccc3[nH]c(=O)[nH]c3c2)c1)c1ncccn1.N#Cc1cnn(-c2ccccc2)c1N. The molecule has 0 fully saturated rings. The molecule has 6 aromatic rings. The lowest BCUT2D eigenvalue weighted by Gasteiger charge is -2.19. The molecule has 0 saturated heterocycles. The lowest BCUT2D eigenvalue weighted by molar-refractivity contribution is 0.891. The van der Waals surface area contributed by atoms with Crippen molar-refractivity contribution in [2.24, 2.45) is 0 Å². The zero-order valence-corrected chi connectivity index (χ0v) is 21.4. The zero-order valence-electron chi connectivity index (χ0n) is 21.4. The lowest BCUT2D eigenvalue weighted by atomic mass is 10.2. The summed E-state index contributed by atoms with van der Waals surface area (Å²) in [5.74, 6) is 0.966. The van der Waals surface area contributed by atoms with Crippen molar-refractivity contribution in [1.82, 2.24) is 29.7 Å². The van der Waals surface area contributed by atoms with Crippen molar-refractivity contribution in [3.05, 3.63) is 107 Å². The highest BCUT2D eigenvalue weighted by Gasteiger charge is 2.10. The first-order valence-corrected chi connectivity index (χ1v) is 12.1. The smallest absolute Gasteiger partial charge is 0.323 e. The minimum atomic E-state index is -0.233. The highest BCUT2D eigenvalue weighted by molar-refractivity contribution is 5.83. The molecule has 40 heavy (non-hydrogen) atoms. The molecule has 0 amide bonds. The van der Waals surface area contributed by atoms with E-state index >= 15 is 0 Å². The Morgan fingerprint density at radius 3 is 2.42 bits per heavy atom. The van der Waals surface area contributed by atoms with Crippen LogP contribution in [0.4, 0.5) is 34.5 Å². The fourth-order valence-electron chi connectivity index (χ4n) is 3.93. The Labute approximate surface area is 228 Å². The molecule has 12 nitrogen and oxygen atoms in total. The maximum Gasteiger partial charge on any atom is 0.323 e. The van der Waals surface area contributed by atoms with Crippen LogP contribution in [0.1, 0.15) is 5.56 Å². The van der Waals surface area contributed by atoms with Crippen LogP contribution in [-0.4, -0.2) is 36.8 Å². The van der Waals surface area contributed by atoms with Crippen molar-refractivity contribution in [3.63, 3.8) is 0 Å². The second-order valence-electron chi connectivity index (χ2n) is 8.65. The highest BCUT2D eigenvalue weighted by Crippen LogP contribution is 2.30. The molecule has 0 aliphatic rings. The van der Waals surface area contributed by atoms with E-state index in [1.54, 1.807) is 23.1 Å². The molecule has 6 rings (SSSR count). The number of nitriles is 1. The molecule has 0 aliphatic heterocycles. The monoisotopic (exact) mass is 531 g/mol. The van der Waals surface area contributed by atoms with Crippen molar-refractivity contribution in [1.29, 1.82) is 5.26 Å². The van der Waals surface area contributed by atoms with Gasteiger partial charge in [-0.15, -0.1) is 0 Å². The molecule has 7 N–H and O–H groups in total. The number of imidazole rings is 1. The second-order valence-corrected chi connectivity index (χ2v) is 8.65. The van der Waals surface area contributed by atoms with Gasteiger partial charge in [-0.3, -0.25) is 0 Å². The van der Waals surface area contributed by atoms with Gasteiger partial charge in [-0.1, -0.05) is 18.2 Å². The van der Waals surface area contributed by atoms with E-state index < -0.39 is 0 Å². The topological polar surface area (TPSA) is 183 Å². The standard InChI is InChI=1S/C18H17N7O.C10H8N4/c1-25(17-20-7-2-8-21-17)12-4-5-13(19)15(10-12)22-11-3-6-14-16(9-11)24-18(26)23-14;11-6-8-7-13-14(10(8)12)9-4-2-1-3-5-9/h2-10,22H,19H2,1H3,(H2,23,24,26);1-5,7H,12H2. The van der Waals surface area contributed by atoms with Gasteiger partial charge in [-0.25, -0.2) is 19.4 Å². The number of aromatic amines is 2. The molecule has 0 spiro atoms. The van der Waals surface area contributed by atoms with Gasteiger partial charge in [-0.2, -0.15) is 10.4 Å². The van der Waals surface area contributed by atoms with Gasteiger partial charge in [0.15, 0.2) is 0 Å². The molecule has 0 unspecified atom stereocenters. The van der Waals surface area contributed by atoms with Gasteiger partial charge < -0.3 is 31.7 Å². The van der Waals surface area contributed by atoms with E-state index in [2.05, 4.69) is 30.4 Å². The Morgan fingerprint density at radius 2 is 1.70 bits per heavy atom. The van der Waals surface area contributed by atoms with Gasteiger partial charge in [-0.05, 0) is 54.6 Å². The molecule has 3 heterocycles. The summed E-state index contributed by atoms with van der Waals surface area (Å²) in [6.45, 7) is 0. The molecular weight excluding hydrogens is 506 g/mol. The van der Waals surface area contributed by atoms with Crippen molar-refractivity contribution in [2.45, 2.75) is 0 Å². The van der Waals surface area contributed by atoms with Gasteiger partial charge in [0.2, 0.25) is 5.95 Å². The van der Waals surface area contributed by atoms with E-state index in [0.29, 0.717) is 23.0 Å². The second kappa shape index (κ2) is 11.1. The number of fused-ring (bicyclic) bond motifs is 1. The molecule has 0 bridgehead atoms. The molecule has 198 valence electrons. The fraction of sp³-hybridized carbons (Fsp3) is 0.0357. The summed E-state index contributed by atoms with van der Waals surface area (Å²) < 4.78 is 1.54. The Balaban J connectivity index is 0.000000194. The van der Waals surface area contributed by atoms with Crippen LogP contribution >= 0.6 is 0 Å². The highest BCUT2D eigenvalue weighted by atomic mass is 16.1.